The molecule has 0 spiro atoms. The van der Waals surface area contributed by atoms with Crippen LogP contribution in [-0.4, -0.2) is 21.7 Å². The van der Waals surface area contributed by atoms with Crippen molar-refractivity contribution in [3.63, 3.8) is 0 Å². The highest BCUT2D eigenvalue weighted by molar-refractivity contribution is 5.81. The van der Waals surface area contributed by atoms with Gasteiger partial charge in [-0.15, -0.1) is 0 Å². The highest BCUT2D eigenvalue weighted by atomic mass is 16.5. The van der Waals surface area contributed by atoms with E-state index in [2.05, 4.69) is 11.2 Å². The number of methoxy groups -OCH3 is 1. The van der Waals surface area contributed by atoms with Crippen molar-refractivity contribution in [2.24, 2.45) is 0 Å². The third-order valence-electron chi connectivity index (χ3n) is 4.79. The van der Waals surface area contributed by atoms with Gasteiger partial charge in [0, 0.05) is 22.9 Å². The molecule has 0 fully saturated rings. The zero-order valence-corrected chi connectivity index (χ0v) is 15.8. The molecule has 1 N–H and O–H groups in total. The molecule has 0 aliphatic rings. The SMILES string of the molecule is COc1ccc(-c2c(C)[nH]n3c(=O)cc(-c4cccc(C)c4)nc23)cc1C. The molecular weight excluding hydrogens is 338 g/mol. The van der Waals surface area contributed by atoms with Crippen LogP contribution in [0.4, 0.5) is 0 Å². The number of hydrogen-bond donors (Lipinski definition) is 1. The number of hydrogen-bond acceptors (Lipinski definition) is 3. The van der Waals surface area contributed by atoms with Gasteiger partial charge >= 0.3 is 0 Å². The van der Waals surface area contributed by atoms with E-state index in [9.17, 15) is 4.79 Å². The van der Waals surface area contributed by atoms with Gasteiger partial charge in [-0.05, 0) is 50.1 Å². The van der Waals surface area contributed by atoms with Crippen molar-refractivity contribution < 1.29 is 4.74 Å². The first kappa shape index (κ1) is 17.1. The van der Waals surface area contributed by atoms with Crippen LogP contribution in [0.5, 0.6) is 5.75 Å². The molecule has 0 saturated heterocycles. The van der Waals surface area contributed by atoms with Gasteiger partial charge in [-0.25, -0.2) is 9.50 Å². The summed E-state index contributed by atoms with van der Waals surface area (Å²) in [7, 11) is 1.66. The first-order chi connectivity index (χ1) is 13.0. The second-order valence-corrected chi connectivity index (χ2v) is 6.80. The Labute approximate surface area is 157 Å². The van der Waals surface area contributed by atoms with Crippen LogP contribution in [0.15, 0.2) is 53.3 Å². The number of aromatic amines is 1. The summed E-state index contributed by atoms with van der Waals surface area (Å²) in [4.78, 5) is 17.5. The van der Waals surface area contributed by atoms with E-state index in [0.717, 1.165) is 39.3 Å². The Morgan fingerprint density at radius 2 is 1.81 bits per heavy atom. The number of rotatable bonds is 3. The zero-order chi connectivity index (χ0) is 19.1. The lowest BCUT2D eigenvalue weighted by atomic mass is 10.0. The van der Waals surface area contributed by atoms with E-state index in [0.29, 0.717) is 11.3 Å². The summed E-state index contributed by atoms with van der Waals surface area (Å²) < 4.78 is 6.87. The average molecular weight is 359 g/mol. The number of aromatic nitrogens is 3. The second-order valence-electron chi connectivity index (χ2n) is 6.80. The van der Waals surface area contributed by atoms with Crippen molar-refractivity contribution in [2.45, 2.75) is 20.8 Å². The molecule has 136 valence electrons. The molecule has 0 saturated carbocycles. The lowest BCUT2D eigenvalue weighted by Crippen LogP contribution is -2.14. The van der Waals surface area contributed by atoms with Crippen LogP contribution in [0.2, 0.25) is 0 Å². The van der Waals surface area contributed by atoms with E-state index < -0.39 is 0 Å². The number of ether oxygens (including phenoxy) is 1. The molecule has 2 heterocycles. The number of nitrogens with one attached hydrogen (secondary N) is 1. The molecule has 0 bridgehead atoms. The summed E-state index contributed by atoms with van der Waals surface area (Å²) in [5.74, 6) is 0.835. The lowest BCUT2D eigenvalue weighted by molar-refractivity contribution is 0.412. The third kappa shape index (κ3) is 2.91. The lowest BCUT2D eigenvalue weighted by Gasteiger charge is -2.08. The maximum atomic E-state index is 12.7. The van der Waals surface area contributed by atoms with Gasteiger partial charge in [0.25, 0.3) is 5.56 Å². The van der Waals surface area contributed by atoms with E-state index in [1.807, 2.05) is 57.2 Å². The maximum absolute atomic E-state index is 12.7. The summed E-state index contributed by atoms with van der Waals surface area (Å²) >= 11 is 0. The van der Waals surface area contributed by atoms with Crippen LogP contribution in [0.25, 0.3) is 28.0 Å². The number of nitrogens with zero attached hydrogens (tertiary/aromatic N) is 2. The van der Waals surface area contributed by atoms with E-state index in [-0.39, 0.29) is 5.56 Å². The van der Waals surface area contributed by atoms with Crippen LogP contribution in [0.1, 0.15) is 16.8 Å². The van der Waals surface area contributed by atoms with Crippen molar-refractivity contribution in [3.8, 4) is 28.1 Å². The van der Waals surface area contributed by atoms with Crippen molar-refractivity contribution in [3.05, 3.63) is 75.7 Å². The maximum Gasteiger partial charge on any atom is 0.273 e. The quantitative estimate of drug-likeness (QED) is 0.594. The molecule has 4 aromatic rings. The van der Waals surface area contributed by atoms with Crippen LogP contribution in [-0.2, 0) is 0 Å². The highest BCUT2D eigenvalue weighted by Gasteiger charge is 2.16. The molecule has 2 aromatic heterocycles. The molecule has 0 unspecified atom stereocenters. The summed E-state index contributed by atoms with van der Waals surface area (Å²) in [6, 6.07) is 15.6. The Morgan fingerprint density at radius 1 is 1.00 bits per heavy atom. The topological polar surface area (TPSA) is 59.4 Å². The van der Waals surface area contributed by atoms with Crippen molar-refractivity contribution in [1.29, 1.82) is 0 Å². The Hall–Kier alpha value is -3.34. The normalized spacial score (nSPS) is 11.1. The van der Waals surface area contributed by atoms with Gasteiger partial charge in [0.2, 0.25) is 0 Å². The summed E-state index contributed by atoms with van der Waals surface area (Å²) in [6.45, 7) is 5.99. The van der Waals surface area contributed by atoms with E-state index in [4.69, 9.17) is 9.72 Å². The van der Waals surface area contributed by atoms with Crippen LogP contribution in [0.3, 0.4) is 0 Å². The molecule has 0 aliphatic carbocycles. The number of H-pyrrole nitrogens is 1. The predicted octanol–water partition coefficient (Wildman–Crippen LogP) is 4.29. The molecule has 0 atom stereocenters. The standard InChI is InChI=1S/C22H21N3O2/c1-13-6-5-7-16(10-13)18-12-20(26)25-22(23-18)21(15(3)24-25)17-8-9-19(27-4)14(2)11-17/h5-12,24H,1-4H3. The monoisotopic (exact) mass is 359 g/mol. The number of fused-ring (bicyclic) bond motifs is 1. The van der Waals surface area contributed by atoms with E-state index in [1.54, 1.807) is 13.2 Å². The molecule has 5 nitrogen and oxygen atoms in total. The number of aryl methyl sites for hydroxylation is 3. The Kier molecular flexibility index (Phi) is 4.07. The van der Waals surface area contributed by atoms with Crippen molar-refractivity contribution in [1.82, 2.24) is 14.6 Å². The van der Waals surface area contributed by atoms with Crippen LogP contribution >= 0.6 is 0 Å². The Bertz CT molecular complexity index is 1220. The first-order valence-electron chi connectivity index (χ1n) is 8.82. The smallest absolute Gasteiger partial charge is 0.273 e. The van der Waals surface area contributed by atoms with Gasteiger partial charge in [-0.3, -0.25) is 9.89 Å². The molecule has 5 heteroatoms. The minimum Gasteiger partial charge on any atom is -0.496 e. The fourth-order valence-electron chi connectivity index (χ4n) is 3.48. The Balaban J connectivity index is 1.98. The summed E-state index contributed by atoms with van der Waals surface area (Å²) in [5, 5.41) is 3.14. The first-order valence-corrected chi connectivity index (χ1v) is 8.82. The number of benzene rings is 2. The molecular formula is C22H21N3O2. The molecule has 0 amide bonds. The van der Waals surface area contributed by atoms with Gasteiger partial charge < -0.3 is 4.74 Å². The third-order valence-corrected chi connectivity index (χ3v) is 4.79. The van der Waals surface area contributed by atoms with E-state index in [1.165, 1.54) is 4.52 Å². The second kappa shape index (κ2) is 6.43. The largest absolute Gasteiger partial charge is 0.496 e. The molecule has 0 aliphatic heterocycles. The van der Waals surface area contributed by atoms with Gasteiger partial charge in [0.15, 0.2) is 5.65 Å². The average Bonchev–Trinajstić information content (AvgIpc) is 2.98. The highest BCUT2D eigenvalue weighted by Crippen LogP contribution is 2.31. The zero-order valence-electron chi connectivity index (χ0n) is 15.8. The predicted molar refractivity (Wildman–Crippen MR) is 107 cm³/mol. The minimum atomic E-state index is -0.129. The van der Waals surface area contributed by atoms with Gasteiger partial charge in [-0.2, -0.15) is 0 Å². The molecule has 4 rings (SSSR count). The molecule has 0 radical (unpaired) electrons. The van der Waals surface area contributed by atoms with Crippen molar-refractivity contribution in [2.75, 3.05) is 7.11 Å². The molecule has 27 heavy (non-hydrogen) atoms. The van der Waals surface area contributed by atoms with Crippen molar-refractivity contribution >= 4 is 5.65 Å². The fourth-order valence-corrected chi connectivity index (χ4v) is 3.48. The van der Waals surface area contributed by atoms with Gasteiger partial charge in [-0.1, -0.05) is 29.8 Å². The fraction of sp³-hybridized carbons (Fsp3) is 0.182. The van der Waals surface area contributed by atoms with Gasteiger partial charge in [0.1, 0.15) is 5.75 Å². The van der Waals surface area contributed by atoms with Crippen LogP contribution < -0.4 is 10.3 Å². The summed E-state index contributed by atoms with van der Waals surface area (Å²) in [5.41, 5.74) is 7.09. The van der Waals surface area contributed by atoms with Crippen LogP contribution in [0, 0.1) is 20.8 Å². The summed E-state index contributed by atoms with van der Waals surface area (Å²) in [6.07, 6.45) is 0. The van der Waals surface area contributed by atoms with Gasteiger partial charge in [0.05, 0.1) is 12.8 Å². The molecule has 2 aromatic carbocycles. The van der Waals surface area contributed by atoms with E-state index >= 15 is 0 Å². The Morgan fingerprint density at radius 3 is 2.52 bits per heavy atom. The minimum absolute atomic E-state index is 0.129.